The summed E-state index contributed by atoms with van der Waals surface area (Å²) in [4.78, 5) is 36.2. The summed E-state index contributed by atoms with van der Waals surface area (Å²) in [6, 6.07) is -1.25. The molecule has 0 aliphatic rings. The fourth-order valence-electron chi connectivity index (χ4n) is 2.04. The Bertz CT molecular complexity index is 433. The van der Waals surface area contributed by atoms with E-state index in [-0.39, 0.29) is 17.6 Å². The Morgan fingerprint density at radius 1 is 1.08 bits per heavy atom. The molecule has 0 heterocycles. The van der Waals surface area contributed by atoms with Gasteiger partial charge in [-0.1, -0.05) is 13.8 Å². The molecule has 0 bridgehead atoms. The highest BCUT2D eigenvalue weighted by molar-refractivity contribution is 7.98. The van der Waals surface area contributed by atoms with Crippen LogP contribution in [0.25, 0.3) is 0 Å². The maximum absolute atomic E-state index is 12.5. The van der Waals surface area contributed by atoms with Crippen LogP contribution >= 0.6 is 11.8 Å². The highest BCUT2D eigenvalue weighted by atomic mass is 32.2. The second-order valence-corrected chi connectivity index (χ2v) is 8.27. The molecule has 0 saturated heterocycles. The maximum atomic E-state index is 12.5. The number of nitrogens with one attached hydrogen (secondary N) is 2. The van der Waals surface area contributed by atoms with Gasteiger partial charge in [-0.05, 0) is 58.5 Å². The van der Waals surface area contributed by atoms with Gasteiger partial charge in [0.2, 0.25) is 5.91 Å². The lowest BCUT2D eigenvalue weighted by Crippen LogP contribution is -2.52. The molecule has 0 spiro atoms. The van der Waals surface area contributed by atoms with Crippen LogP contribution in [0.2, 0.25) is 0 Å². The van der Waals surface area contributed by atoms with Crippen molar-refractivity contribution < 1.29 is 19.1 Å². The van der Waals surface area contributed by atoms with Crippen LogP contribution in [0.4, 0.5) is 4.79 Å². The molecule has 140 valence electrons. The number of thioether (sulfide) groups is 1. The number of rotatable bonds is 9. The summed E-state index contributed by atoms with van der Waals surface area (Å²) in [5.41, 5.74) is -0.636. The fourth-order valence-corrected chi connectivity index (χ4v) is 2.51. The fraction of sp³-hybridized carbons (Fsp3) is 0.824. The average Bonchev–Trinajstić information content (AvgIpc) is 2.39. The zero-order valence-corrected chi connectivity index (χ0v) is 16.7. The molecule has 2 atom stereocenters. The van der Waals surface area contributed by atoms with E-state index in [4.69, 9.17) is 4.74 Å². The lowest BCUT2D eigenvalue weighted by Gasteiger charge is -2.25. The third-order valence-electron chi connectivity index (χ3n) is 3.13. The number of alkyl carbamates (subject to hydrolysis) is 1. The summed E-state index contributed by atoms with van der Waals surface area (Å²) in [5.74, 6) is 0.547. The highest BCUT2D eigenvalue weighted by Crippen LogP contribution is 2.10. The Balaban J connectivity index is 4.92. The third kappa shape index (κ3) is 10.5. The first-order valence-electron chi connectivity index (χ1n) is 8.25. The molecule has 7 heteroatoms. The molecule has 0 radical (unpaired) electrons. The molecule has 6 nitrogen and oxygen atoms in total. The Morgan fingerprint density at radius 3 is 2.08 bits per heavy atom. The number of carbonyl (C=O) groups excluding carboxylic acids is 3. The van der Waals surface area contributed by atoms with Gasteiger partial charge in [-0.25, -0.2) is 4.79 Å². The summed E-state index contributed by atoms with van der Waals surface area (Å²) in [7, 11) is 0. The molecule has 24 heavy (non-hydrogen) atoms. The lowest BCUT2D eigenvalue weighted by molar-refractivity contribution is -0.128. The number of hydrogen-bond donors (Lipinski definition) is 2. The van der Waals surface area contributed by atoms with Crippen molar-refractivity contribution in [1.29, 1.82) is 0 Å². The van der Waals surface area contributed by atoms with Gasteiger partial charge in [0, 0.05) is 0 Å². The molecule has 0 rings (SSSR count). The summed E-state index contributed by atoms with van der Waals surface area (Å²) in [6.07, 6.45) is 2.36. The quantitative estimate of drug-likeness (QED) is 0.660. The van der Waals surface area contributed by atoms with E-state index < -0.39 is 23.8 Å². The van der Waals surface area contributed by atoms with Gasteiger partial charge in [-0.3, -0.25) is 9.59 Å². The number of ether oxygens (including phenoxy) is 1. The largest absolute Gasteiger partial charge is 0.444 e. The number of Topliss-reactive ketones (excluding diaryl/α,β-unsaturated/α-hetero) is 1. The van der Waals surface area contributed by atoms with E-state index in [0.29, 0.717) is 12.8 Å². The zero-order chi connectivity index (χ0) is 18.9. The molecule has 0 aromatic heterocycles. The molecule has 2 N–H and O–H groups in total. The van der Waals surface area contributed by atoms with Gasteiger partial charge in [-0.2, -0.15) is 11.8 Å². The van der Waals surface area contributed by atoms with Crippen molar-refractivity contribution in [3.8, 4) is 0 Å². The van der Waals surface area contributed by atoms with Crippen molar-refractivity contribution in [3.05, 3.63) is 0 Å². The van der Waals surface area contributed by atoms with Crippen LogP contribution < -0.4 is 10.6 Å². The van der Waals surface area contributed by atoms with Gasteiger partial charge in [0.1, 0.15) is 11.6 Å². The predicted octanol–water partition coefficient (Wildman–Crippen LogP) is 2.75. The van der Waals surface area contributed by atoms with Crippen molar-refractivity contribution in [3.63, 3.8) is 0 Å². The van der Waals surface area contributed by atoms with Crippen molar-refractivity contribution >= 4 is 29.5 Å². The van der Waals surface area contributed by atoms with Gasteiger partial charge in [0.15, 0.2) is 5.78 Å². The zero-order valence-electron chi connectivity index (χ0n) is 15.9. The highest BCUT2D eigenvalue weighted by Gasteiger charge is 2.27. The molecule has 0 aliphatic heterocycles. The van der Waals surface area contributed by atoms with Crippen molar-refractivity contribution in [2.75, 3.05) is 12.0 Å². The normalized spacial score (nSPS) is 14.0. The van der Waals surface area contributed by atoms with Gasteiger partial charge in [0.05, 0.1) is 6.04 Å². The monoisotopic (exact) mass is 360 g/mol. The van der Waals surface area contributed by atoms with Crippen LogP contribution in [-0.2, 0) is 14.3 Å². The summed E-state index contributed by atoms with van der Waals surface area (Å²) in [6.45, 7) is 10.7. The van der Waals surface area contributed by atoms with Gasteiger partial charge < -0.3 is 15.4 Å². The van der Waals surface area contributed by atoms with Crippen LogP contribution in [0.15, 0.2) is 0 Å². The molecular formula is C17H32N2O4S. The minimum atomic E-state index is -0.726. The molecule has 0 fully saturated rings. The van der Waals surface area contributed by atoms with Crippen LogP contribution in [0.3, 0.4) is 0 Å². The lowest BCUT2D eigenvalue weighted by atomic mass is 10.0. The third-order valence-corrected chi connectivity index (χ3v) is 3.78. The number of carbonyl (C=O) groups is 3. The average molecular weight is 361 g/mol. The van der Waals surface area contributed by atoms with E-state index in [0.717, 1.165) is 5.75 Å². The topological polar surface area (TPSA) is 84.5 Å². The Labute approximate surface area is 149 Å². The molecule has 0 unspecified atom stereocenters. The predicted molar refractivity (Wildman–Crippen MR) is 98.2 cm³/mol. The van der Waals surface area contributed by atoms with Crippen LogP contribution in [0, 0.1) is 5.92 Å². The molecule has 2 amide bonds. The number of hydrogen-bond acceptors (Lipinski definition) is 5. The Morgan fingerprint density at radius 2 is 1.67 bits per heavy atom. The van der Waals surface area contributed by atoms with Gasteiger partial charge >= 0.3 is 6.09 Å². The van der Waals surface area contributed by atoms with Crippen molar-refractivity contribution in [2.24, 2.45) is 5.92 Å². The van der Waals surface area contributed by atoms with Crippen LogP contribution in [-0.4, -0.2) is 47.5 Å². The number of amides is 2. The standard InChI is InChI=1S/C17H32N2O4S/c1-11(2)10-14(19-16(22)23-17(4,5)6)15(21)18-13(12(3)20)8-9-24-7/h11,13-14H,8-10H2,1-7H3,(H,18,21)(H,19,22)/t13-,14-/m0/s1. The summed E-state index contributed by atoms with van der Waals surface area (Å²) in [5, 5.41) is 5.37. The smallest absolute Gasteiger partial charge is 0.408 e. The first-order valence-corrected chi connectivity index (χ1v) is 9.65. The van der Waals surface area contributed by atoms with E-state index in [9.17, 15) is 14.4 Å². The van der Waals surface area contributed by atoms with E-state index in [1.807, 2.05) is 20.1 Å². The SMILES string of the molecule is CSCC[C@H](NC(=O)[C@H](CC(C)C)NC(=O)OC(C)(C)C)C(C)=O. The van der Waals surface area contributed by atoms with E-state index >= 15 is 0 Å². The van der Waals surface area contributed by atoms with Crippen molar-refractivity contribution in [1.82, 2.24) is 10.6 Å². The minimum absolute atomic E-state index is 0.0852. The minimum Gasteiger partial charge on any atom is -0.444 e. The maximum Gasteiger partial charge on any atom is 0.408 e. The van der Waals surface area contributed by atoms with Crippen LogP contribution in [0.5, 0.6) is 0 Å². The Kier molecular flexibility index (Phi) is 10.0. The van der Waals surface area contributed by atoms with E-state index in [1.54, 1.807) is 32.5 Å². The molecule has 0 saturated carbocycles. The summed E-state index contributed by atoms with van der Waals surface area (Å²) >= 11 is 1.62. The Hall–Kier alpha value is -1.24. The van der Waals surface area contributed by atoms with Crippen molar-refractivity contribution in [2.45, 2.75) is 72.1 Å². The number of ketones is 1. The van der Waals surface area contributed by atoms with Crippen LogP contribution in [0.1, 0.15) is 54.4 Å². The van der Waals surface area contributed by atoms with E-state index in [1.165, 1.54) is 6.92 Å². The summed E-state index contributed by atoms with van der Waals surface area (Å²) < 4.78 is 5.22. The van der Waals surface area contributed by atoms with Gasteiger partial charge in [-0.15, -0.1) is 0 Å². The van der Waals surface area contributed by atoms with Gasteiger partial charge in [0.25, 0.3) is 0 Å². The second-order valence-electron chi connectivity index (χ2n) is 7.28. The molecule has 0 aromatic carbocycles. The molecular weight excluding hydrogens is 328 g/mol. The molecule has 0 aliphatic carbocycles. The molecule has 0 aromatic rings. The first-order chi connectivity index (χ1) is 11.0. The van der Waals surface area contributed by atoms with E-state index in [2.05, 4.69) is 10.6 Å². The first kappa shape index (κ1) is 22.8. The second kappa shape index (κ2) is 10.6.